The Morgan fingerprint density at radius 1 is 1.42 bits per heavy atom. The fourth-order valence-electron chi connectivity index (χ4n) is 2.06. The molecule has 0 bridgehead atoms. The Balaban J connectivity index is 2.74. The highest BCUT2D eigenvalue weighted by Gasteiger charge is 2.16. The molecule has 0 aliphatic heterocycles. The first-order valence-corrected chi connectivity index (χ1v) is 6.88. The van der Waals surface area contributed by atoms with Crippen molar-refractivity contribution in [3.63, 3.8) is 0 Å². The summed E-state index contributed by atoms with van der Waals surface area (Å²) in [5.41, 5.74) is 2.23. The van der Waals surface area contributed by atoms with E-state index in [1.807, 2.05) is 19.1 Å². The zero-order chi connectivity index (χ0) is 14.4. The molecule has 0 aliphatic rings. The largest absolute Gasteiger partial charge is 0.469 e. The predicted molar refractivity (Wildman–Crippen MR) is 78.6 cm³/mol. The van der Waals surface area contributed by atoms with Gasteiger partial charge in [0.1, 0.15) is 0 Å². The van der Waals surface area contributed by atoms with Crippen molar-refractivity contribution < 1.29 is 9.53 Å². The fraction of sp³-hybridized carbons (Fsp3) is 0.533. The smallest absolute Gasteiger partial charge is 0.307 e. The van der Waals surface area contributed by atoms with Crippen LogP contribution < -0.4 is 5.32 Å². The molecule has 19 heavy (non-hydrogen) atoms. The summed E-state index contributed by atoms with van der Waals surface area (Å²) in [6.07, 6.45) is 1.15. The zero-order valence-electron chi connectivity index (χ0n) is 12.0. The van der Waals surface area contributed by atoms with Crippen LogP contribution in [-0.2, 0) is 16.0 Å². The molecular weight excluding hydrogens is 262 g/mol. The van der Waals surface area contributed by atoms with E-state index in [0.717, 1.165) is 17.0 Å². The van der Waals surface area contributed by atoms with Gasteiger partial charge >= 0.3 is 5.97 Å². The Hall–Kier alpha value is -1.06. The number of ether oxygens (including phenoxy) is 1. The van der Waals surface area contributed by atoms with Gasteiger partial charge in [0.05, 0.1) is 13.5 Å². The molecule has 1 rings (SSSR count). The number of aryl methyl sites for hydroxylation is 1. The summed E-state index contributed by atoms with van der Waals surface area (Å²) in [5, 5.41) is 4.16. The molecule has 1 aromatic rings. The van der Waals surface area contributed by atoms with Gasteiger partial charge in [0.15, 0.2) is 0 Å². The van der Waals surface area contributed by atoms with Gasteiger partial charge in [0.2, 0.25) is 0 Å². The molecule has 0 heterocycles. The van der Waals surface area contributed by atoms with Crippen LogP contribution in [0.2, 0.25) is 5.02 Å². The third kappa shape index (κ3) is 5.62. The van der Waals surface area contributed by atoms with E-state index < -0.39 is 0 Å². The standard InChI is InChI=1S/C15H22ClNO2/c1-10(2)17-13(9-15(18)19-4)8-12-5-6-14(16)11(3)7-12/h5-7,10,13,17H,8-9H2,1-4H3. The highest BCUT2D eigenvalue weighted by Crippen LogP contribution is 2.18. The Morgan fingerprint density at radius 3 is 2.63 bits per heavy atom. The summed E-state index contributed by atoms with van der Waals surface area (Å²) < 4.78 is 4.74. The molecule has 0 aliphatic carbocycles. The molecule has 4 heteroatoms. The van der Waals surface area contributed by atoms with Gasteiger partial charge in [-0.3, -0.25) is 4.79 Å². The number of methoxy groups -OCH3 is 1. The van der Waals surface area contributed by atoms with E-state index in [1.54, 1.807) is 0 Å². The van der Waals surface area contributed by atoms with E-state index in [-0.39, 0.29) is 12.0 Å². The van der Waals surface area contributed by atoms with Crippen LogP contribution in [0.15, 0.2) is 18.2 Å². The molecule has 0 aromatic heterocycles. The van der Waals surface area contributed by atoms with Crippen molar-refractivity contribution in [2.45, 2.75) is 45.7 Å². The molecule has 106 valence electrons. The Labute approximate surface area is 120 Å². The predicted octanol–water partition coefficient (Wildman–Crippen LogP) is 3.12. The number of nitrogens with one attached hydrogen (secondary N) is 1. The lowest BCUT2D eigenvalue weighted by atomic mass is 10.0. The van der Waals surface area contributed by atoms with Gasteiger partial charge in [0, 0.05) is 17.1 Å². The van der Waals surface area contributed by atoms with Crippen LogP contribution in [0.4, 0.5) is 0 Å². The lowest BCUT2D eigenvalue weighted by Gasteiger charge is -2.20. The number of benzene rings is 1. The van der Waals surface area contributed by atoms with Gasteiger partial charge in [-0.05, 0) is 30.5 Å². The Kier molecular flexibility index (Phi) is 6.32. The normalized spacial score (nSPS) is 12.5. The summed E-state index contributed by atoms with van der Waals surface area (Å²) in [5.74, 6) is -0.191. The number of halogens is 1. The Bertz CT molecular complexity index is 432. The molecule has 0 spiro atoms. The molecule has 1 aromatic carbocycles. The first-order chi connectivity index (χ1) is 8.92. The van der Waals surface area contributed by atoms with Crippen LogP contribution in [0.25, 0.3) is 0 Å². The van der Waals surface area contributed by atoms with Crippen molar-refractivity contribution in [3.8, 4) is 0 Å². The average molecular weight is 284 g/mol. The third-order valence-corrected chi connectivity index (χ3v) is 3.34. The zero-order valence-corrected chi connectivity index (χ0v) is 12.8. The van der Waals surface area contributed by atoms with Crippen LogP contribution in [-0.4, -0.2) is 25.2 Å². The summed E-state index contributed by atoms with van der Waals surface area (Å²) >= 11 is 6.02. The van der Waals surface area contributed by atoms with Crippen LogP contribution in [0, 0.1) is 6.92 Å². The van der Waals surface area contributed by atoms with E-state index in [1.165, 1.54) is 12.7 Å². The van der Waals surface area contributed by atoms with E-state index in [2.05, 4.69) is 25.2 Å². The molecule has 0 saturated heterocycles. The summed E-state index contributed by atoms with van der Waals surface area (Å²) in [4.78, 5) is 11.4. The molecule has 1 N–H and O–H groups in total. The highest BCUT2D eigenvalue weighted by molar-refractivity contribution is 6.31. The second kappa shape index (κ2) is 7.51. The minimum atomic E-state index is -0.191. The maximum Gasteiger partial charge on any atom is 0.307 e. The molecule has 3 nitrogen and oxygen atoms in total. The van der Waals surface area contributed by atoms with Crippen LogP contribution in [0.5, 0.6) is 0 Å². The number of hydrogen-bond acceptors (Lipinski definition) is 3. The lowest BCUT2D eigenvalue weighted by molar-refractivity contribution is -0.141. The maximum atomic E-state index is 11.4. The lowest BCUT2D eigenvalue weighted by Crippen LogP contribution is -2.38. The fourth-order valence-corrected chi connectivity index (χ4v) is 2.18. The van der Waals surface area contributed by atoms with Gasteiger partial charge in [0.25, 0.3) is 0 Å². The van der Waals surface area contributed by atoms with Crippen molar-refractivity contribution in [3.05, 3.63) is 34.3 Å². The molecule has 0 amide bonds. The highest BCUT2D eigenvalue weighted by atomic mass is 35.5. The number of esters is 1. The summed E-state index contributed by atoms with van der Waals surface area (Å²) in [6.45, 7) is 6.12. The second-order valence-corrected chi connectivity index (χ2v) is 5.49. The third-order valence-electron chi connectivity index (χ3n) is 2.91. The molecule has 0 saturated carbocycles. The molecule has 1 atom stereocenters. The Morgan fingerprint density at radius 2 is 2.11 bits per heavy atom. The minimum absolute atomic E-state index is 0.0769. The quantitative estimate of drug-likeness (QED) is 0.815. The van der Waals surface area contributed by atoms with E-state index in [0.29, 0.717) is 12.5 Å². The first-order valence-electron chi connectivity index (χ1n) is 6.50. The molecule has 0 radical (unpaired) electrons. The molecular formula is C15H22ClNO2. The van der Waals surface area contributed by atoms with Crippen molar-refractivity contribution in [1.29, 1.82) is 0 Å². The molecule has 0 fully saturated rings. The topological polar surface area (TPSA) is 38.3 Å². The summed E-state index contributed by atoms with van der Waals surface area (Å²) in [6, 6.07) is 6.36. The minimum Gasteiger partial charge on any atom is -0.469 e. The van der Waals surface area contributed by atoms with Gasteiger partial charge in [-0.1, -0.05) is 37.6 Å². The monoisotopic (exact) mass is 283 g/mol. The van der Waals surface area contributed by atoms with Gasteiger partial charge in [-0.25, -0.2) is 0 Å². The van der Waals surface area contributed by atoms with Gasteiger partial charge in [-0.2, -0.15) is 0 Å². The van der Waals surface area contributed by atoms with E-state index >= 15 is 0 Å². The van der Waals surface area contributed by atoms with Crippen LogP contribution in [0.3, 0.4) is 0 Å². The maximum absolute atomic E-state index is 11.4. The van der Waals surface area contributed by atoms with Crippen LogP contribution in [0.1, 0.15) is 31.4 Å². The second-order valence-electron chi connectivity index (χ2n) is 5.09. The van der Waals surface area contributed by atoms with Gasteiger partial charge in [-0.15, -0.1) is 0 Å². The van der Waals surface area contributed by atoms with E-state index in [4.69, 9.17) is 16.3 Å². The SMILES string of the molecule is COC(=O)CC(Cc1ccc(Cl)c(C)c1)NC(C)C. The molecule has 1 unspecified atom stereocenters. The number of carbonyl (C=O) groups is 1. The number of rotatable bonds is 6. The van der Waals surface area contributed by atoms with E-state index in [9.17, 15) is 4.79 Å². The van der Waals surface area contributed by atoms with Crippen molar-refractivity contribution in [2.24, 2.45) is 0 Å². The first kappa shape index (κ1) is 16.0. The van der Waals surface area contributed by atoms with Crippen molar-refractivity contribution in [2.75, 3.05) is 7.11 Å². The number of carbonyl (C=O) groups excluding carboxylic acids is 1. The van der Waals surface area contributed by atoms with Crippen molar-refractivity contribution >= 4 is 17.6 Å². The number of hydrogen-bond donors (Lipinski definition) is 1. The summed E-state index contributed by atoms with van der Waals surface area (Å²) in [7, 11) is 1.42. The van der Waals surface area contributed by atoms with Gasteiger partial charge < -0.3 is 10.1 Å². The van der Waals surface area contributed by atoms with Crippen LogP contribution >= 0.6 is 11.6 Å². The average Bonchev–Trinajstić information content (AvgIpc) is 2.32. The van der Waals surface area contributed by atoms with Crippen molar-refractivity contribution in [1.82, 2.24) is 5.32 Å².